The molecule has 20 heavy (non-hydrogen) atoms. The first kappa shape index (κ1) is 15.2. The zero-order valence-electron chi connectivity index (χ0n) is 10.9. The molecule has 0 unspecified atom stereocenters. The van der Waals surface area contributed by atoms with E-state index in [9.17, 15) is 19.7 Å². The minimum atomic E-state index is -0.691. The van der Waals surface area contributed by atoms with Gasteiger partial charge in [0, 0.05) is 17.7 Å². The van der Waals surface area contributed by atoms with E-state index in [1.54, 1.807) is 6.92 Å². The highest BCUT2D eigenvalue weighted by Gasteiger charge is 2.18. The summed E-state index contributed by atoms with van der Waals surface area (Å²) in [6.07, 6.45) is -0.171. The van der Waals surface area contributed by atoms with Crippen LogP contribution in [-0.2, 0) is 9.53 Å². The van der Waals surface area contributed by atoms with E-state index in [0.717, 1.165) is 6.07 Å². The largest absolute Gasteiger partial charge is 0.465 e. The van der Waals surface area contributed by atoms with Crippen molar-refractivity contribution in [1.82, 2.24) is 0 Å². The maximum Gasteiger partial charge on any atom is 0.338 e. The highest BCUT2D eigenvalue weighted by Crippen LogP contribution is 2.22. The van der Waals surface area contributed by atoms with E-state index >= 15 is 0 Å². The number of hydrogen-bond donors (Lipinski definition) is 1. The summed E-state index contributed by atoms with van der Waals surface area (Å²) in [5.74, 6) is 3.80. The smallest absolute Gasteiger partial charge is 0.338 e. The Labute approximate surface area is 114 Å². The molecule has 1 aromatic rings. The van der Waals surface area contributed by atoms with E-state index < -0.39 is 16.8 Å². The van der Waals surface area contributed by atoms with Crippen LogP contribution in [0.3, 0.4) is 0 Å². The average Bonchev–Trinajstić information content (AvgIpc) is 2.39. The number of ether oxygens (including phenoxy) is 1. The topological polar surface area (TPSA) is 113 Å². The number of primary amides is 1. The number of carbonyl (C=O) groups excluding carboxylic acids is 2. The van der Waals surface area contributed by atoms with Gasteiger partial charge in [0.2, 0.25) is 5.91 Å². The Morgan fingerprint density at radius 3 is 2.60 bits per heavy atom. The van der Waals surface area contributed by atoms with Gasteiger partial charge in [0.15, 0.2) is 0 Å². The molecule has 0 saturated heterocycles. The van der Waals surface area contributed by atoms with Crippen LogP contribution in [0.2, 0.25) is 0 Å². The number of non-ortho nitro benzene ring substituents is 1. The number of nitro groups is 1. The van der Waals surface area contributed by atoms with Crippen molar-refractivity contribution in [2.24, 2.45) is 5.73 Å². The predicted molar refractivity (Wildman–Crippen MR) is 69.9 cm³/mol. The van der Waals surface area contributed by atoms with Crippen molar-refractivity contribution < 1.29 is 19.2 Å². The molecule has 0 aliphatic rings. The van der Waals surface area contributed by atoms with Crippen molar-refractivity contribution in [3.8, 4) is 11.8 Å². The SMILES string of the molecule is COC(=O)c1cc([N+](=O)[O-])cc(C#CCC(N)=O)c1C. The first-order valence-corrected chi connectivity index (χ1v) is 5.51. The number of nitrogens with two attached hydrogens (primary N) is 1. The Morgan fingerprint density at radius 2 is 2.10 bits per heavy atom. The van der Waals surface area contributed by atoms with E-state index in [4.69, 9.17) is 5.73 Å². The molecule has 0 aromatic heterocycles. The average molecular weight is 276 g/mol. The summed E-state index contributed by atoms with van der Waals surface area (Å²) < 4.78 is 4.57. The number of methoxy groups -OCH3 is 1. The van der Waals surface area contributed by atoms with Crippen LogP contribution in [0.25, 0.3) is 0 Å². The molecule has 0 spiro atoms. The van der Waals surface area contributed by atoms with E-state index in [1.165, 1.54) is 13.2 Å². The molecule has 0 bridgehead atoms. The fourth-order valence-electron chi connectivity index (χ4n) is 1.48. The van der Waals surface area contributed by atoms with Crippen molar-refractivity contribution in [1.29, 1.82) is 0 Å². The summed E-state index contributed by atoms with van der Waals surface area (Å²) in [6.45, 7) is 1.59. The maximum atomic E-state index is 11.6. The zero-order chi connectivity index (χ0) is 15.3. The van der Waals surface area contributed by atoms with Crippen molar-refractivity contribution in [3.63, 3.8) is 0 Å². The van der Waals surface area contributed by atoms with Gasteiger partial charge in [0.05, 0.1) is 24.0 Å². The maximum absolute atomic E-state index is 11.6. The molecule has 0 aliphatic carbocycles. The van der Waals surface area contributed by atoms with E-state index in [-0.39, 0.29) is 23.2 Å². The van der Waals surface area contributed by atoms with Gasteiger partial charge < -0.3 is 10.5 Å². The number of nitrogens with zero attached hydrogens (tertiary/aromatic N) is 1. The number of carbonyl (C=O) groups is 2. The lowest BCUT2D eigenvalue weighted by atomic mass is 10.0. The molecule has 7 nitrogen and oxygen atoms in total. The standard InChI is InChI=1S/C13H12N2O5/c1-8-9(4-3-5-12(14)16)6-10(15(18)19)7-11(8)13(17)20-2/h6-7H,5H2,1-2H3,(H2,14,16). The Hall–Kier alpha value is -2.88. The summed E-state index contributed by atoms with van der Waals surface area (Å²) in [5, 5.41) is 10.8. The monoisotopic (exact) mass is 276 g/mol. The molecule has 0 radical (unpaired) electrons. The Balaban J connectivity index is 3.37. The predicted octanol–water partition coefficient (Wildman–Crippen LogP) is 0.917. The van der Waals surface area contributed by atoms with Gasteiger partial charge in [-0.1, -0.05) is 11.8 Å². The van der Waals surface area contributed by atoms with Crippen LogP contribution in [0, 0.1) is 28.9 Å². The van der Waals surface area contributed by atoms with Gasteiger partial charge >= 0.3 is 5.97 Å². The van der Waals surface area contributed by atoms with Crippen LogP contribution in [0.1, 0.15) is 27.9 Å². The van der Waals surface area contributed by atoms with Crippen LogP contribution < -0.4 is 5.73 Å². The van der Waals surface area contributed by atoms with Gasteiger partial charge in [0.25, 0.3) is 5.69 Å². The number of amides is 1. The first-order chi connectivity index (χ1) is 9.36. The molecule has 104 valence electrons. The van der Waals surface area contributed by atoms with Gasteiger partial charge in [-0.25, -0.2) is 4.79 Å². The summed E-state index contributed by atoms with van der Waals surface area (Å²) in [7, 11) is 1.18. The number of rotatable bonds is 3. The first-order valence-electron chi connectivity index (χ1n) is 5.51. The number of benzene rings is 1. The molecule has 7 heteroatoms. The van der Waals surface area contributed by atoms with Crippen molar-refractivity contribution in [2.45, 2.75) is 13.3 Å². The molecular formula is C13H12N2O5. The van der Waals surface area contributed by atoms with E-state index in [0.29, 0.717) is 5.56 Å². The van der Waals surface area contributed by atoms with Gasteiger partial charge in [-0.2, -0.15) is 0 Å². The minimum Gasteiger partial charge on any atom is -0.465 e. The van der Waals surface area contributed by atoms with Gasteiger partial charge in [0.1, 0.15) is 0 Å². The van der Waals surface area contributed by atoms with E-state index in [1.807, 2.05) is 0 Å². The molecular weight excluding hydrogens is 264 g/mol. The van der Waals surface area contributed by atoms with Crippen LogP contribution in [0.15, 0.2) is 12.1 Å². The Morgan fingerprint density at radius 1 is 1.45 bits per heavy atom. The van der Waals surface area contributed by atoms with Gasteiger partial charge in [-0.05, 0) is 12.5 Å². The molecule has 2 N–H and O–H groups in total. The lowest BCUT2D eigenvalue weighted by molar-refractivity contribution is -0.384. The molecule has 1 rings (SSSR count). The van der Waals surface area contributed by atoms with Crippen LogP contribution in [-0.4, -0.2) is 23.9 Å². The molecule has 0 heterocycles. The quantitative estimate of drug-likeness (QED) is 0.381. The molecule has 0 aliphatic heterocycles. The highest BCUT2D eigenvalue weighted by molar-refractivity contribution is 5.92. The Kier molecular flexibility index (Phi) is 4.81. The Bertz CT molecular complexity index is 640. The van der Waals surface area contributed by atoms with Crippen molar-refractivity contribution in [3.05, 3.63) is 38.9 Å². The number of esters is 1. The van der Waals surface area contributed by atoms with Crippen LogP contribution >= 0.6 is 0 Å². The normalized spacial score (nSPS) is 9.30. The second kappa shape index (κ2) is 6.33. The molecule has 0 atom stereocenters. The third-order valence-corrected chi connectivity index (χ3v) is 2.49. The summed E-state index contributed by atoms with van der Waals surface area (Å²) in [4.78, 5) is 32.4. The zero-order valence-corrected chi connectivity index (χ0v) is 10.9. The number of nitro benzene ring substituents is 1. The minimum absolute atomic E-state index is 0.0603. The number of hydrogen-bond acceptors (Lipinski definition) is 5. The third kappa shape index (κ3) is 3.55. The van der Waals surface area contributed by atoms with Crippen LogP contribution in [0.4, 0.5) is 5.69 Å². The molecule has 1 aromatic carbocycles. The molecule has 1 amide bonds. The van der Waals surface area contributed by atoms with E-state index in [2.05, 4.69) is 16.6 Å². The van der Waals surface area contributed by atoms with Crippen LogP contribution in [0.5, 0.6) is 0 Å². The second-order valence-corrected chi connectivity index (χ2v) is 3.86. The van der Waals surface area contributed by atoms with Gasteiger partial charge in [-0.15, -0.1) is 0 Å². The fraction of sp³-hybridized carbons (Fsp3) is 0.231. The lowest BCUT2D eigenvalue weighted by Gasteiger charge is -2.06. The van der Waals surface area contributed by atoms with Crippen molar-refractivity contribution in [2.75, 3.05) is 7.11 Å². The summed E-state index contributed by atoms with van der Waals surface area (Å²) >= 11 is 0. The summed E-state index contributed by atoms with van der Waals surface area (Å²) in [6, 6.07) is 2.36. The fourth-order valence-corrected chi connectivity index (χ4v) is 1.48. The second-order valence-electron chi connectivity index (χ2n) is 3.86. The summed E-state index contributed by atoms with van der Waals surface area (Å²) in [5.41, 5.74) is 5.45. The van der Waals surface area contributed by atoms with Crippen molar-refractivity contribution >= 4 is 17.6 Å². The van der Waals surface area contributed by atoms with Gasteiger partial charge in [-0.3, -0.25) is 14.9 Å². The molecule has 0 saturated carbocycles. The highest BCUT2D eigenvalue weighted by atomic mass is 16.6. The third-order valence-electron chi connectivity index (χ3n) is 2.49. The molecule has 0 fully saturated rings. The lowest BCUT2D eigenvalue weighted by Crippen LogP contribution is -2.08.